The van der Waals surface area contributed by atoms with Gasteiger partial charge in [0.2, 0.25) is 0 Å². The van der Waals surface area contributed by atoms with Crippen LogP contribution in [0.5, 0.6) is 0 Å². The Hall–Kier alpha value is -0.800. The molecule has 3 N–H and O–H groups in total. The van der Waals surface area contributed by atoms with Crippen molar-refractivity contribution in [3.8, 4) is 0 Å². The van der Waals surface area contributed by atoms with Crippen LogP contribution >= 0.6 is 0 Å². The minimum Gasteiger partial charge on any atom is -0.465 e. The van der Waals surface area contributed by atoms with Crippen LogP contribution in [0.25, 0.3) is 0 Å². The molecule has 0 spiro atoms. The molecule has 1 fully saturated rings. The van der Waals surface area contributed by atoms with E-state index in [9.17, 15) is 0 Å². The molecule has 1 aliphatic carbocycles. The van der Waals surface area contributed by atoms with Gasteiger partial charge >= 0.3 is 0 Å². The van der Waals surface area contributed by atoms with E-state index in [1.165, 1.54) is 19.3 Å². The predicted molar refractivity (Wildman–Crippen MR) is 60.6 cm³/mol. The molecule has 1 unspecified atom stereocenters. The van der Waals surface area contributed by atoms with E-state index in [1.807, 2.05) is 26.1 Å². The molecule has 0 aromatic carbocycles. The first-order chi connectivity index (χ1) is 7.18. The summed E-state index contributed by atoms with van der Waals surface area (Å²) in [6.45, 7) is 2.94. The molecule has 1 aromatic heterocycles. The van der Waals surface area contributed by atoms with E-state index in [4.69, 9.17) is 10.2 Å². The Kier molecular flexibility index (Phi) is 2.85. The number of hydrogen-bond donors (Lipinski definition) is 2. The van der Waals surface area contributed by atoms with Crippen LogP contribution in [0.15, 0.2) is 16.5 Å². The summed E-state index contributed by atoms with van der Waals surface area (Å²) in [4.78, 5) is 0. The lowest BCUT2D eigenvalue weighted by molar-refractivity contribution is 0.0835. The first kappa shape index (κ1) is 10.7. The van der Waals surface area contributed by atoms with Crippen molar-refractivity contribution in [1.29, 1.82) is 0 Å². The normalized spacial score (nSPS) is 21.0. The van der Waals surface area contributed by atoms with Crippen molar-refractivity contribution >= 4 is 0 Å². The van der Waals surface area contributed by atoms with Crippen molar-refractivity contribution < 1.29 is 4.42 Å². The van der Waals surface area contributed by atoms with Gasteiger partial charge in [0.25, 0.3) is 0 Å². The van der Waals surface area contributed by atoms with E-state index < -0.39 is 0 Å². The predicted octanol–water partition coefficient (Wildman–Crippen LogP) is 1.98. The zero-order valence-electron chi connectivity index (χ0n) is 9.55. The van der Waals surface area contributed by atoms with Crippen LogP contribution in [-0.4, -0.2) is 13.6 Å². The molecule has 1 saturated carbocycles. The molecule has 0 saturated heterocycles. The summed E-state index contributed by atoms with van der Waals surface area (Å²) in [5.41, 5.74) is 6.52. The molecule has 0 bridgehead atoms. The second-order valence-corrected chi connectivity index (χ2v) is 4.67. The molecule has 84 valence electrons. The lowest BCUT2D eigenvalue weighted by atomic mass is 9.63. The maximum Gasteiger partial charge on any atom is 0.121 e. The van der Waals surface area contributed by atoms with Crippen molar-refractivity contribution in [1.82, 2.24) is 5.32 Å². The van der Waals surface area contributed by atoms with Crippen molar-refractivity contribution in [3.63, 3.8) is 0 Å². The molecule has 0 radical (unpaired) electrons. The van der Waals surface area contributed by atoms with Gasteiger partial charge < -0.3 is 15.5 Å². The second-order valence-electron chi connectivity index (χ2n) is 4.67. The minimum atomic E-state index is 0.0346. The number of aryl methyl sites for hydroxylation is 1. The highest BCUT2D eigenvalue weighted by Gasteiger charge is 2.43. The zero-order chi connectivity index (χ0) is 10.9. The monoisotopic (exact) mass is 208 g/mol. The smallest absolute Gasteiger partial charge is 0.121 e. The van der Waals surface area contributed by atoms with E-state index in [2.05, 4.69) is 5.32 Å². The largest absolute Gasteiger partial charge is 0.465 e. The summed E-state index contributed by atoms with van der Waals surface area (Å²) in [7, 11) is 1.99. The highest BCUT2D eigenvalue weighted by atomic mass is 16.3. The van der Waals surface area contributed by atoms with Crippen molar-refractivity contribution in [2.75, 3.05) is 13.6 Å². The first-order valence-corrected chi connectivity index (χ1v) is 5.64. The van der Waals surface area contributed by atoms with Crippen LogP contribution in [-0.2, 0) is 0 Å². The Morgan fingerprint density at radius 1 is 1.53 bits per heavy atom. The molecule has 1 aromatic rings. The maximum absolute atomic E-state index is 6.30. The topological polar surface area (TPSA) is 51.2 Å². The number of nitrogens with two attached hydrogens (primary N) is 1. The SMILES string of the molecule is CNCC1(C(N)c2ccc(C)o2)CCC1. The van der Waals surface area contributed by atoms with Gasteiger partial charge in [0, 0.05) is 12.0 Å². The average molecular weight is 208 g/mol. The number of rotatable bonds is 4. The van der Waals surface area contributed by atoms with Crippen LogP contribution in [0.3, 0.4) is 0 Å². The Balaban J connectivity index is 2.14. The fourth-order valence-electron chi connectivity index (χ4n) is 2.50. The van der Waals surface area contributed by atoms with Gasteiger partial charge in [0.1, 0.15) is 11.5 Å². The summed E-state index contributed by atoms with van der Waals surface area (Å²) >= 11 is 0. The third-order valence-electron chi connectivity index (χ3n) is 3.61. The molecule has 0 aliphatic heterocycles. The fraction of sp³-hybridized carbons (Fsp3) is 0.667. The highest BCUT2D eigenvalue weighted by molar-refractivity contribution is 5.14. The summed E-state index contributed by atoms with van der Waals surface area (Å²) in [5, 5.41) is 3.25. The standard InChI is InChI=1S/C12H20N2O/c1-9-4-5-10(15-9)11(13)12(8-14-2)6-3-7-12/h4-5,11,14H,3,6-8,13H2,1-2H3. The Bertz CT molecular complexity index is 328. The molecule has 1 atom stereocenters. The van der Waals surface area contributed by atoms with E-state index >= 15 is 0 Å². The maximum atomic E-state index is 6.30. The fourth-order valence-corrected chi connectivity index (χ4v) is 2.50. The lowest BCUT2D eigenvalue weighted by Gasteiger charge is -2.45. The molecule has 1 heterocycles. The van der Waals surface area contributed by atoms with Crippen molar-refractivity contribution in [3.05, 3.63) is 23.7 Å². The van der Waals surface area contributed by atoms with E-state index in [0.717, 1.165) is 18.1 Å². The van der Waals surface area contributed by atoms with Crippen molar-refractivity contribution in [2.24, 2.45) is 11.1 Å². The molecule has 1 aliphatic rings. The van der Waals surface area contributed by atoms with E-state index in [0.29, 0.717) is 0 Å². The number of furan rings is 1. The van der Waals surface area contributed by atoms with Crippen LogP contribution in [0, 0.1) is 12.3 Å². The summed E-state index contributed by atoms with van der Waals surface area (Å²) in [5.74, 6) is 1.88. The van der Waals surface area contributed by atoms with Gasteiger partial charge in [-0.15, -0.1) is 0 Å². The Morgan fingerprint density at radius 3 is 2.67 bits per heavy atom. The van der Waals surface area contributed by atoms with Crippen LogP contribution in [0.4, 0.5) is 0 Å². The molecular weight excluding hydrogens is 188 g/mol. The van der Waals surface area contributed by atoms with Gasteiger partial charge in [0.15, 0.2) is 0 Å². The quantitative estimate of drug-likeness (QED) is 0.795. The molecular formula is C12H20N2O. The minimum absolute atomic E-state index is 0.0346. The Morgan fingerprint density at radius 2 is 2.27 bits per heavy atom. The molecule has 0 amide bonds. The lowest BCUT2D eigenvalue weighted by Crippen LogP contribution is -2.46. The van der Waals surface area contributed by atoms with Crippen LogP contribution < -0.4 is 11.1 Å². The molecule has 3 nitrogen and oxygen atoms in total. The molecule has 15 heavy (non-hydrogen) atoms. The third-order valence-corrected chi connectivity index (χ3v) is 3.61. The van der Waals surface area contributed by atoms with Crippen LogP contribution in [0.2, 0.25) is 0 Å². The first-order valence-electron chi connectivity index (χ1n) is 5.64. The second kappa shape index (κ2) is 3.99. The highest BCUT2D eigenvalue weighted by Crippen LogP contribution is 2.48. The summed E-state index contributed by atoms with van der Waals surface area (Å²) < 4.78 is 5.62. The molecule has 3 heteroatoms. The van der Waals surface area contributed by atoms with Gasteiger partial charge in [-0.1, -0.05) is 6.42 Å². The number of hydrogen-bond acceptors (Lipinski definition) is 3. The molecule has 2 rings (SSSR count). The third kappa shape index (κ3) is 1.82. The summed E-state index contributed by atoms with van der Waals surface area (Å²) in [6, 6.07) is 4.03. The average Bonchev–Trinajstić information content (AvgIpc) is 2.57. The van der Waals surface area contributed by atoms with Crippen LogP contribution in [0.1, 0.15) is 36.8 Å². The van der Waals surface area contributed by atoms with E-state index in [-0.39, 0.29) is 11.5 Å². The number of nitrogens with one attached hydrogen (secondary N) is 1. The van der Waals surface area contributed by atoms with Gasteiger partial charge in [-0.25, -0.2) is 0 Å². The van der Waals surface area contributed by atoms with Gasteiger partial charge in [-0.3, -0.25) is 0 Å². The zero-order valence-corrected chi connectivity index (χ0v) is 9.55. The summed E-state index contributed by atoms with van der Waals surface area (Å²) in [6.07, 6.45) is 3.69. The van der Waals surface area contributed by atoms with Gasteiger partial charge in [0.05, 0.1) is 6.04 Å². The van der Waals surface area contributed by atoms with Gasteiger partial charge in [-0.2, -0.15) is 0 Å². The van der Waals surface area contributed by atoms with E-state index in [1.54, 1.807) is 0 Å². The van der Waals surface area contributed by atoms with Crippen molar-refractivity contribution in [2.45, 2.75) is 32.2 Å². The Labute approximate surface area is 91.0 Å². The van der Waals surface area contributed by atoms with Gasteiger partial charge in [-0.05, 0) is 38.9 Å².